The maximum absolute atomic E-state index is 13.6. The Balaban J connectivity index is 1.42. The number of carbonyl (C=O) groups excluding carboxylic acids is 1. The molecule has 1 aliphatic carbocycles. The largest absolute Gasteiger partial charge is 0.485 e. The molecule has 2 aliphatic rings. The summed E-state index contributed by atoms with van der Waals surface area (Å²) in [5, 5.41) is 5.36. The van der Waals surface area contributed by atoms with Gasteiger partial charge in [-0.05, 0) is 51.8 Å². The van der Waals surface area contributed by atoms with Gasteiger partial charge in [-0.25, -0.2) is 9.67 Å². The van der Waals surface area contributed by atoms with E-state index < -0.39 is 0 Å². The first-order valence-corrected chi connectivity index (χ1v) is 11.6. The summed E-state index contributed by atoms with van der Waals surface area (Å²) in [5.74, 6) is 1.34. The number of hydrogen-bond donors (Lipinski definition) is 0. The molecule has 1 saturated carbocycles. The molecular weight excluding hydrogens is 402 g/mol. The highest BCUT2D eigenvalue weighted by atomic mass is 16.5. The average molecular weight is 434 g/mol. The number of anilines is 1. The number of amides is 1. The Morgan fingerprint density at radius 3 is 2.78 bits per heavy atom. The standard InChI is InChI=1S/C25H31N5O2/c1-5-29-15-18(32-23-9-7-6-8-22(23)29)14-28(4)25(31)19-12-21(17-10-11-17)27-24-20(19)13-26-30(24)16(2)3/h6-9,12-13,16-18H,5,10-11,14-15H2,1-4H3/t18-/m0/s1. The minimum absolute atomic E-state index is 0.00638. The van der Waals surface area contributed by atoms with Gasteiger partial charge in [0.25, 0.3) is 5.91 Å². The SMILES string of the molecule is CCN1C[C@H](CN(C)C(=O)c2cc(C3CC3)nc3c2cnn3C(C)C)Oc2ccccc21. The van der Waals surface area contributed by atoms with Crippen molar-refractivity contribution in [1.29, 1.82) is 0 Å². The third-order valence-corrected chi connectivity index (χ3v) is 6.43. The Hall–Kier alpha value is -3.09. The normalized spacial score (nSPS) is 18.0. The molecule has 0 radical (unpaired) electrons. The molecule has 7 heteroatoms. The molecular formula is C25H31N5O2. The van der Waals surface area contributed by atoms with Crippen LogP contribution in [-0.4, -0.2) is 58.4 Å². The number of aromatic nitrogens is 3. The van der Waals surface area contributed by atoms with Gasteiger partial charge in [-0.2, -0.15) is 5.10 Å². The molecule has 1 aliphatic heterocycles. The van der Waals surface area contributed by atoms with Gasteiger partial charge in [-0.15, -0.1) is 0 Å². The maximum atomic E-state index is 13.6. The van der Waals surface area contributed by atoms with Gasteiger partial charge in [0.2, 0.25) is 0 Å². The van der Waals surface area contributed by atoms with E-state index in [1.807, 2.05) is 36.0 Å². The van der Waals surface area contributed by atoms with Gasteiger partial charge in [-0.1, -0.05) is 12.1 Å². The van der Waals surface area contributed by atoms with Crippen LogP contribution >= 0.6 is 0 Å². The highest BCUT2D eigenvalue weighted by Crippen LogP contribution is 2.40. The Bertz CT molecular complexity index is 1150. The summed E-state index contributed by atoms with van der Waals surface area (Å²) in [4.78, 5) is 22.6. The molecule has 3 aromatic rings. The summed E-state index contributed by atoms with van der Waals surface area (Å²) in [7, 11) is 1.86. The summed E-state index contributed by atoms with van der Waals surface area (Å²) in [5.41, 5.74) is 3.62. The molecule has 0 bridgehead atoms. The molecule has 1 atom stereocenters. The summed E-state index contributed by atoms with van der Waals surface area (Å²) >= 11 is 0. The van der Waals surface area contributed by atoms with Crippen molar-refractivity contribution >= 4 is 22.6 Å². The highest BCUT2D eigenvalue weighted by Gasteiger charge is 2.31. The second kappa shape index (κ2) is 8.11. The fourth-order valence-corrected chi connectivity index (χ4v) is 4.55. The molecule has 7 nitrogen and oxygen atoms in total. The quantitative estimate of drug-likeness (QED) is 0.582. The van der Waals surface area contributed by atoms with Crippen LogP contribution in [0.2, 0.25) is 0 Å². The number of fused-ring (bicyclic) bond motifs is 2. The summed E-state index contributed by atoms with van der Waals surface area (Å²) in [6.07, 6.45) is 3.98. The Kier molecular flexibility index (Phi) is 5.27. The lowest BCUT2D eigenvalue weighted by Gasteiger charge is -2.37. The van der Waals surface area contributed by atoms with E-state index in [2.05, 4.69) is 36.8 Å². The van der Waals surface area contributed by atoms with E-state index in [1.54, 1.807) is 11.1 Å². The molecule has 0 unspecified atom stereocenters. The number of para-hydroxylation sites is 2. The second-order valence-corrected chi connectivity index (χ2v) is 9.22. The van der Waals surface area contributed by atoms with E-state index in [0.29, 0.717) is 18.0 Å². The van der Waals surface area contributed by atoms with Gasteiger partial charge >= 0.3 is 0 Å². The minimum atomic E-state index is -0.0857. The molecule has 0 saturated heterocycles. The van der Waals surface area contributed by atoms with Gasteiger partial charge in [0.1, 0.15) is 11.9 Å². The van der Waals surface area contributed by atoms with Gasteiger partial charge in [0.05, 0.1) is 35.9 Å². The number of hydrogen-bond acceptors (Lipinski definition) is 5. The average Bonchev–Trinajstić information content (AvgIpc) is 3.55. The molecule has 2 aromatic heterocycles. The van der Waals surface area contributed by atoms with Gasteiger partial charge in [0.15, 0.2) is 5.65 Å². The monoisotopic (exact) mass is 433 g/mol. The lowest BCUT2D eigenvalue weighted by molar-refractivity contribution is 0.0711. The van der Waals surface area contributed by atoms with Crippen molar-refractivity contribution in [2.75, 3.05) is 31.6 Å². The van der Waals surface area contributed by atoms with Gasteiger partial charge < -0.3 is 14.5 Å². The fourth-order valence-electron chi connectivity index (χ4n) is 4.55. The molecule has 1 aromatic carbocycles. The first-order chi connectivity index (χ1) is 15.5. The topological polar surface area (TPSA) is 63.5 Å². The minimum Gasteiger partial charge on any atom is -0.485 e. The van der Waals surface area contributed by atoms with E-state index in [0.717, 1.165) is 54.1 Å². The molecule has 5 rings (SSSR count). The van der Waals surface area contributed by atoms with Crippen LogP contribution in [0, 0.1) is 0 Å². The van der Waals surface area contributed by atoms with Crippen LogP contribution < -0.4 is 9.64 Å². The zero-order chi connectivity index (χ0) is 22.4. The van der Waals surface area contributed by atoms with Crippen LogP contribution in [0.15, 0.2) is 36.5 Å². The summed E-state index contributed by atoms with van der Waals surface area (Å²) in [6, 6.07) is 10.3. The third kappa shape index (κ3) is 3.70. The lowest BCUT2D eigenvalue weighted by Crippen LogP contribution is -2.46. The van der Waals surface area contributed by atoms with E-state index in [-0.39, 0.29) is 18.1 Å². The van der Waals surface area contributed by atoms with Crippen molar-refractivity contribution in [3.8, 4) is 5.75 Å². The van der Waals surface area contributed by atoms with Gasteiger partial charge in [0, 0.05) is 31.2 Å². The summed E-state index contributed by atoms with van der Waals surface area (Å²) < 4.78 is 8.17. The lowest BCUT2D eigenvalue weighted by atomic mass is 10.1. The number of pyridine rings is 1. The maximum Gasteiger partial charge on any atom is 0.254 e. The van der Waals surface area contributed by atoms with E-state index in [1.165, 1.54) is 0 Å². The number of benzene rings is 1. The number of likely N-dealkylation sites (N-methyl/N-ethyl adjacent to an activating group) is 2. The van der Waals surface area contributed by atoms with Crippen molar-refractivity contribution in [2.45, 2.75) is 51.7 Å². The number of carbonyl (C=O) groups is 1. The molecule has 1 fully saturated rings. The van der Waals surface area contributed by atoms with Gasteiger partial charge in [-0.3, -0.25) is 4.79 Å². The van der Waals surface area contributed by atoms with Crippen molar-refractivity contribution in [3.63, 3.8) is 0 Å². The van der Waals surface area contributed by atoms with Crippen LogP contribution in [0.1, 0.15) is 61.6 Å². The molecule has 32 heavy (non-hydrogen) atoms. The first-order valence-electron chi connectivity index (χ1n) is 11.6. The number of ether oxygens (including phenoxy) is 1. The molecule has 1 amide bonds. The van der Waals surface area contributed by atoms with Crippen molar-refractivity contribution in [3.05, 3.63) is 47.8 Å². The smallest absolute Gasteiger partial charge is 0.254 e. The molecule has 0 N–H and O–H groups in total. The zero-order valence-corrected chi connectivity index (χ0v) is 19.3. The van der Waals surface area contributed by atoms with Crippen molar-refractivity contribution < 1.29 is 9.53 Å². The number of nitrogens with zero attached hydrogens (tertiary/aromatic N) is 5. The molecule has 168 valence electrons. The Morgan fingerprint density at radius 2 is 2.06 bits per heavy atom. The predicted molar refractivity (Wildman–Crippen MR) is 126 cm³/mol. The van der Waals surface area contributed by atoms with Crippen molar-refractivity contribution in [2.24, 2.45) is 0 Å². The molecule has 3 heterocycles. The van der Waals surface area contributed by atoms with Crippen LogP contribution in [-0.2, 0) is 0 Å². The Labute approximate surface area is 189 Å². The Morgan fingerprint density at radius 1 is 1.28 bits per heavy atom. The van der Waals surface area contributed by atoms with Crippen LogP contribution in [0.5, 0.6) is 5.75 Å². The third-order valence-electron chi connectivity index (χ3n) is 6.43. The van der Waals surface area contributed by atoms with Crippen LogP contribution in [0.3, 0.4) is 0 Å². The van der Waals surface area contributed by atoms with E-state index >= 15 is 0 Å². The highest BCUT2D eigenvalue weighted by molar-refractivity contribution is 6.05. The first kappa shape index (κ1) is 20.8. The van der Waals surface area contributed by atoms with Crippen LogP contribution in [0.4, 0.5) is 5.69 Å². The van der Waals surface area contributed by atoms with Crippen molar-refractivity contribution in [1.82, 2.24) is 19.7 Å². The fraction of sp³-hybridized carbons (Fsp3) is 0.480. The predicted octanol–water partition coefficient (Wildman–Crippen LogP) is 4.25. The summed E-state index contributed by atoms with van der Waals surface area (Å²) in [6.45, 7) is 8.50. The van der Waals surface area contributed by atoms with Crippen LogP contribution in [0.25, 0.3) is 11.0 Å². The van der Waals surface area contributed by atoms with E-state index in [9.17, 15) is 4.79 Å². The second-order valence-electron chi connectivity index (χ2n) is 9.22. The number of rotatable bonds is 6. The van der Waals surface area contributed by atoms with E-state index in [4.69, 9.17) is 9.72 Å². The zero-order valence-electron chi connectivity index (χ0n) is 19.3. The molecule has 0 spiro atoms.